The van der Waals surface area contributed by atoms with Crippen LogP contribution < -0.4 is 5.32 Å². The average molecular weight is 329 g/mol. The van der Waals surface area contributed by atoms with E-state index in [0.717, 1.165) is 11.0 Å². The number of pyridine rings is 1. The van der Waals surface area contributed by atoms with Gasteiger partial charge < -0.3 is 5.32 Å². The zero-order chi connectivity index (χ0) is 13.0. The van der Waals surface area contributed by atoms with Crippen molar-refractivity contribution in [3.63, 3.8) is 0 Å². The van der Waals surface area contributed by atoms with Crippen molar-refractivity contribution in [2.45, 2.75) is 37.0 Å². The molecule has 18 heavy (non-hydrogen) atoms. The van der Waals surface area contributed by atoms with Gasteiger partial charge in [-0.3, -0.25) is 4.79 Å². The van der Waals surface area contributed by atoms with Crippen molar-refractivity contribution < 1.29 is 4.79 Å². The van der Waals surface area contributed by atoms with E-state index in [2.05, 4.69) is 32.5 Å². The highest BCUT2D eigenvalue weighted by Crippen LogP contribution is 2.27. The molecule has 2 atom stereocenters. The molecule has 0 radical (unpaired) electrons. The van der Waals surface area contributed by atoms with Crippen LogP contribution in [-0.2, 0) is 0 Å². The maximum Gasteiger partial charge on any atom is 0.253 e. The fraction of sp³-hybridized carbons (Fsp3) is 0.538. The quantitative estimate of drug-likeness (QED) is 0.866. The first-order valence-corrected chi connectivity index (χ1v) is 8.24. The van der Waals surface area contributed by atoms with E-state index in [1.165, 1.54) is 19.3 Å². The monoisotopic (exact) mass is 328 g/mol. The van der Waals surface area contributed by atoms with Crippen LogP contribution in [-0.4, -0.2) is 28.4 Å². The maximum atomic E-state index is 12.1. The van der Waals surface area contributed by atoms with E-state index >= 15 is 0 Å². The highest BCUT2D eigenvalue weighted by Gasteiger charge is 2.25. The van der Waals surface area contributed by atoms with E-state index in [4.69, 9.17) is 0 Å². The van der Waals surface area contributed by atoms with Gasteiger partial charge in [-0.25, -0.2) is 4.98 Å². The fourth-order valence-corrected chi connectivity index (χ4v) is 3.48. The van der Waals surface area contributed by atoms with Crippen LogP contribution in [0.15, 0.2) is 22.9 Å². The van der Waals surface area contributed by atoms with Crippen molar-refractivity contribution in [3.8, 4) is 0 Å². The minimum Gasteiger partial charge on any atom is -0.348 e. The predicted molar refractivity (Wildman–Crippen MR) is 79.0 cm³/mol. The lowest BCUT2D eigenvalue weighted by Gasteiger charge is -2.30. The van der Waals surface area contributed by atoms with Crippen LogP contribution in [0.3, 0.4) is 0 Å². The van der Waals surface area contributed by atoms with E-state index < -0.39 is 0 Å². The molecule has 0 bridgehead atoms. The van der Waals surface area contributed by atoms with Gasteiger partial charge in [0.2, 0.25) is 0 Å². The Labute approximate surface area is 120 Å². The third kappa shape index (κ3) is 3.48. The van der Waals surface area contributed by atoms with Gasteiger partial charge in [0, 0.05) is 17.5 Å². The van der Waals surface area contributed by atoms with Gasteiger partial charge in [-0.05, 0) is 47.2 Å². The van der Waals surface area contributed by atoms with Gasteiger partial charge in [0.25, 0.3) is 5.91 Å². The molecule has 1 heterocycles. The van der Waals surface area contributed by atoms with Crippen LogP contribution in [0.2, 0.25) is 0 Å². The number of amides is 1. The molecule has 1 fully saturated rings. The molecule has 0 aliphatic heterocycles. The van der Waals surface area contributed by atoms with Gasteiger partial charge in [-0.2, -0.15) is 11.8 Å². The van der Waals surface area contributed by atoms with Gasteiger partial charge in [0.15, 0.2) is 0 Å². The molecular formula is C13H17BrN2OS. The van der Waals surface area contributed by atoms with Crippen molar-refractivity contribution in [1.29, 1.82) is 0 Å². The summed E-state index contributed by atoms with van der Waals surface area (Å²) < 4.78 is 0.749. The summed E-state index contributed by atoms with van der Waals surface area (Å²) in [5.74, 6) is -0.0130. The Hall–Kier alpha value is -0.550. The van der Waals surface area contributed by atoms with Crippen molar-refractivity contribution in [2.24, 2.45) is 0 Å². The molecule has 1 aliphatic rings. The predicted octanol–water partition coefficient (Wildman–Crippen LogP) is 3.25. The molecule has 1 aromatic rings. The van der Waals surface area contributed by atoms with Gasteiger partial charge in [-0.1, -0.05) is 12.8 Å². The smallest absolute Gasteiger partial charge is 0.253 e. The van der Waals surface area contributed by atoms with E-state index in [1.54, 1.807) is 18.3 Å². The topological polar surface area (TPSA) is 42.0 Å². The fourth-order valence-electron chi connectivity index (χ4n) is 2.31. The third-order valence-corrected chi connectivity index (χ3v) is 4.95. The van der Waals surface area contributed by atoms with Crippen LogP contribution in [0.5, 0.6) is 0 Å². The summed E-state index contributed by atoms with van der Waals surface area (Å²) in [6.45, 7) is 0. The highest BCUT2D eigenvalue weighted by atomic mass is 79.9. The van der Waals surface area contributed by atoms with Crippen LogP contribution in [0, 0.1) is 0 Å². The van der Waals surface area contributed by atoms with Crippen LogP contribution >= 0.6 is 27.7 Å². The second-order valence-electron chi connectivity index (χ2n) is 4.51. The van der Waals surface area contributed by atoms with Crippen molar-refractivity contribution in [1.82, 2.24) is 10.3 Å². The average Bonchev–Trinajstić information content (AvgIpc) is 2.40. The Morgan fingerprint density at radius 1 is 1.44 bits per heavy atom. The van der Waals surface area contributed by atoms with Gasteiger partial charge >= 0.3 is 0 Å². The molecule has 2 rings (SSSR count). The summed E-state index contributed by atoms with van der Waals surface area (Å²) in [6.07, 6.45) is 8.50. The zero-order valence-electron chi connectivity index (χ0n) is 10.4. The lowest BCUT2D eigenvalue weighted by molar-refractivity contribution is 0.0929. The van der Waals surface area contributed by atoms with Gasteiger partial charge in [-0.15, -0.1) is 0 Å². The Balaban J connectivity index is 1.99. The normalized spacial score (nSPS) is 23.7. The van der Waals surface area contributed by atoms with E-state index in [0.29, 0.717) is 16.9 Å². The van der Waals surface area contributed by atoms with E-state index in [9.17, 15) is 4.79 Å². The number of carbonyl (C=O) groups excluding carboxylic acids is 1. The molecule has 98 valence electrons. The molecule has 0 saturated heterocycles. The Morgan fingerprint density at radius 3 is 2.89 bits per heavy atom. The number of aromatic nitrogens is 1. The molecule has 1 amide bonds. The minimum atomic E-state index is -0.0130. The molecule has 1 aliphatic carbocycles. The Kier molecular flexibility index (Phi) is 5.06. The number of thioether (sulfide) groups is 1. The molecule has 1 N–H and O–H groups in total. The number of hydrogen-bond donors (Lipinski definition) is 1. The van der Waals surface area contributed by atoms with Gasteiger partial charge in [0.1, 0.15) is 4.60 Å². The number of hydrogen-bond acceptors (Lipinski definition) is 3. The SMILES string of the molecule is CSC1CCCCC1NC(=O)c1ccc(Br)nc1. The molecule has 1 saturated carbocycles. The summed E-state index contributed by atoms with van der Waals surface area (Å²) in [6, 6.07) is 3.88. The molecular weight excluding hydrogens is 312 g/mol. The largest absolute Gasteiger partial charge is 0.348 e. The van der Waals surface area contributed by atoms with Crippen molar-refractivity contribution in [2.75, 3.05) is 6.26 Å². The second-order valence-corrected chi connectivity index (χ2v) is 6.40. The summed E-state index contributed by atoms with van der Waals surface area (Å²) in [4.78, 5) is 16.2. The summed E-state index contributed by atoms with van der Waals surface area (Å²) in [5, 5.41) is 3.69. The lowest BCUT2D eigenvalue weighted by Crippen LogP contribution is -2.43. The number of carbonyl (C=O) groups is 1. The van der Waals surface area contributed by atoms with E-state index in [-0.39, 0.29) is 5.91 Å². The highest BCUT2D eigenvalue weighted by molar-refractivity contribution is 9.10. The second kappa shape index (κ2) is 6.57. The third-order valence-electron chi connectivity index (χ3n) is 3.31. The van der Waals surface area contributed by atoms with E-state index in [1.807, 2.05) is 11.8 Å². The van der Waals surface area contributed by atoms with Crippen molar-refractivity contribution >= 4 is 33.6 Å². The molecule has 2 unspecified atom stereocenters. The molecule has 5 heteroatoms. The Morgan fingerprint density at radius 2 is 2.22 bits per heavy atom. The molecule has 1 aromatic heterocycles. The van der Waals surface area contributed by atoms with Crippen molar-refractivity contribution in [3.05, 3.63) is 28.5 Å². The zero-order valence-corrected chi connectivity index (χ0v) is 12.8. The standard InChI is InChI=1S/C13H17BrN2OS/c1-18-11-5-3-2-4-10(11)16-13(17)9-6-7-12(14)15-8-9/h6-8,10-11H,2-5H2,1H3,(H,16,17). The molecule has 0 aromatic carbocycles. The lowest BCUT2D eigenvalue weighted by atomic mass is 9.94. The number of halogens is 1. The summed E-state index contributed by atoms with van der Waals surface area (Å²) in [7, 11) is 0. The first kappa shape index (κ1) is 13.9. The summed E-state index contributed by atoms with van der Waals surface area (Å²) in [5.41, 5.74) is 0.628. The van der Waals surface area contributed by atoms with Crippen LogP contribution in [0.25, 0.3) is 0 Å². The summed E-state index contributed by atoms with van der Waals surface area (Å²) >= 11 is 5.12. The number of rotatable bonds is 3. The van der Waals surface area contributed by atoms with Crippen LogP contribution in [0.4, 0.5) is 0 Å². The van der Waals surface area contributed by atoms with Crippen LogP contribution in [0.1, 0.15) is 36.0 Å². The first-order chi connectivity index (χ1) is 8.70. The first-order valence-electron chi connectivity index (χ1n) is 6.16. The number of nitrogens with one attached hydrogen (secondary N) is 1. The maximum absolute atomic E-state index is 12.1. The number of nitrogens with zero attached hydrogens (tertiary/aromatic N) is 1. The molecule has 0 spiro atoms. The molecule has 3 nitrogen and oxygen atoms in total. The minimum absolute atomic E-state index is 0.0130. The van der Waals surface area contributed by atoms with Gasteiger partial charge in [0.05, 0.1) is 5.56 Å². The Bertz CT molecular complexity index is 410.